The Balaban J connectivity index is 1.17. The first-order valence-electron chi connectivity index (χ1n) is 10.3. The van der Waals surface area contributed by atoms with Crippen molar-refractivity contribution in [3.8, 4) is 0 Å². The van der Waals surface area contributed by atoms with Crippen molar-refractivity contribution in [2.75, 3.05) is 37.6 Å². The lowest BCUT2D eigenvalue weighted by molar-refractivity contribution is 0.299. The molecule has 0 saturated carbocycles. The van der Waals surface area contributed by atoms with Crippen LogP contribution in [0.5, 0.6) is 0 Å². The van der Waals surface area contributed by atoms with E-state index < -0.39 is 0 Å². The molecule has 0 atom stereocenters. The van der Waals surface area contributed by atoms with Crippen LogP contribution in [-0.4, -0.2) is 42.6 Å². The Hall–Kier alpha value is -2.23. The predicted octanol–water partition coefficient (Wildman–Crippen LogP) is 5.36. The van der Waals surface area contributed by atoms with E-state index in [1.165, 1.54) is 53.7 Å². The van der Waals surface area contributed by atoms with Crippen LogP contribution < -0.4 is 4.90 Å². The van der Waals surface area contributed by atoms with Crippen molar-refractivity contribution in [2.45, 2.75) is 19.3 Å². The van der Waals surface area contributed by atoms with Crippen LogP contribution in [0.1, 0.15) is 24.0 Å². The van der Waals surface area contributed by atoms with Crippen LogP contribution in [0.2, 0.25) is 5.02 Å². The van der Waals surface area contributed by atoms with Crippen molar-refractivity contribution in [3.05, 3.63) is 70.9 Å². The van der Waals surface area contributed by atoms with Gasteiger partial charge in [-0.2, -0.15) is 0 Å². The van der Waals surface area contributed by atoms with Gasteiger partial charge in [0.2, 0.25) is 0 Å². The number of hydrogen-bond acceptors (Lipinski definition) is 2. The lowest BCUT2D eigenvalue weighted by Gasteiger charge is -2.27. The molecule has 1 N–H and O–H groups in total. The highest BCUT2D eigenvalue weighted by Gasteiger charge is 2.19. The molecular weight excluding hydrogens is 366 g/mol. The summed E-state index contributed by atoms with van der Waals surface area (Å²) in [7, 11) is 0. The van der Waals surface area contributed by atoms with Gasteiger partial charge in [0.15, 0.2) is 0 Å². The largest absolute Gasteiger partial charge is 0.371 e. The first-order valence-corrected chi connectivity index (χ1v) is 10.7. The summed E-state index contributed by atoms with van der Waals surface area (Å²) in [5.74, 6) is 0. The maximum absolute atomic E-state index is 6.11. The van der Waals surface area contributed by atoms with Crippen LogP contribution in [0.25, 0.3) is 16.5 Å². The topological polar surface area (TPSA) is 22.3 Å². The van der Waals surface area contributed by atoms with Gasteiger partial charge in [0.25, 0.3) is 0 Å². The molecule has 2 aliphatic heterocycles. The summed E-state index contributed by atoms with van der Waals surface area (Å²) in [6.45, 7) is 5.70. The van der Waals surface area contributed by atoms with Crippen molar-refractivity contribution in [1.29, 1.82) is 0 Å². The van der Waals surface area contributed by atoms with Gasteiger partial charge in [-0.25, -0.2) is 0 Å². The smallest absolute Gasteiger partial charge is 0.0475 e. The summed E-state index contributed by atoms with van der Waals surface area (Å²) in [5, 5.41) is 2.06. The molecule has 2 aromatic carbocycles. The SMILES string of the molecule is Clc1ccc2c(C3=CCN(CCCN4CCc5ccccc54)CC3)c[nH]c2c1. The predicted molar refractivity (Wildman–Crippen MR) is 119 cm³/mol. The van der Waals surface area contributed by atoms with Gasteiger partial charge in [0, 0.05) is 66.1 Å². The van der Waals surface area contributed by atoms with E-state index in [-0.39, 0.29) is 0 Å². The Bertz CT molecular complexity index is 1020. The first kappa shape index (κ1) is 17.8. The minimum Gasteiger partial charge on any atom is -0.371 e. The van der Waals surface area contributed by atoms with E-state index >= 15 is 0 Å². The highest BCUT2D eigenvalue weighted by molar-refractivity contribution is 6.31. The molecule has 0 fully saturated rings. The zero-order valence-corrected chi connectivity index (χ0v) is 16.9. The third-order valence-corrected chi connectivity index (χ3v) is 6.40. The second-order valence-electron chi connectivity index (χ2n) is 7.89. The molecule has 144 valence electrons. The Kier molecular flexibility index (Phi) is 4.87. The number of para-hydroxylation sites is 1. The zero-order valence-electron chi connectivity index (χ0n) is 16.1. The maximum Gasteiger partial charge on any atom is 0.0475 e. The molecule has 0 unspecified atom stereocenters. The van der Waals surface area contributed by atoms with Crippen LogP contribution in [0, 0.1) is 0 Å². The quantitative estimate of drug-likeness (QED) is 0.632. The van der Waals surface area contributed by atoms with Gasteiger partial charge in [-0.05, 0) is 48.6 Å². The lowest BCUT2D eigenvalue weighted by Crippen LogP contribution is -2.32. The first-order chi connectivity index (χ1) is 13.8. The van der Waals surface area contributed by atoms with Crippen molar-refractivity contribution in [1.82, 2.24) is 9.88 Å². The summed E-state index contributed by atoms with van der Waals surface area (Å²) in [6.07, 6.45) is 8.08. The fraction of sp³-hybridized carbons (Fsp3) is 0.333. The molecule has 0 bridgehead atoms. The lowest BCUT2D eigenvalue weighted by atomic mass is 9.99. The summed E-state index contributed by atoms with van der Waals surface area (Å²) < 4.78 is 0. The molecule has 0 radical (unpaired) electrons. The van der Waals surface area contributed by atoms with E-state index in [0.29, 0.717) is 0 Å². The second-order valence-corrected chi connectivity index (χ2v) is 8.33. The molecule has 0 aliphatic carbocycles. The van der Waals surface area contributed by atoms with Crippen LogP contribution in [-0.2, 0) is 6.42 Å². The van der Waals surface area contributed by atoms with Crippen LogP contribution >= 0.6 is 11.6 Å². The fourth-order valence-corrected chi connectivity index (χ4v) is 4.82. The number of anilines is 1. The summed E-state index contributed by atoms with van der Waals surface area (Å²) >= 11 is 6.11. The third kappa shape index (κ3) is 3.45. The average Bonchev–Trinajstić information content (AvgIpc) is 3.33. The highest BCUT2D eigenvalue weighted by atomic mass is 35.5. The summed E-state index contributed by atoms with van der Waals surface area (Å²) in [4.78, 5) is 8.50. The average molecular weight is 392 g/mol. The second kappa shape index (κ2) is 7.65. The Labute approximate surface area is 171 Å². The molecule has 28 heavy (non-hydrogen) atoms. The molecule has 3 heterocycles. The number of hydrogen-bond donors (Lipinski definition) is 1. The highest BCUT2D eigenvalue weighted by Crippen LogP contribution is 2.31. The van der Waals surface area contributed by atoms with Crippen molar-refractivity contribution in [2.24, 2.45) is 0 Å². The molecule has 4 heteroatoms. The minimum atomic E-state index is 0.783. The van der Waals surface area contributed by atoms with Crippen LogP contribution in [0.3, 0.4) is 0 Å². The number of fused-ring (bicyclic) bond motifs is 2. The van der Waals surface area contributed by atoms with Crippen LogP contribution in [0.15, 0.2) is 54.7 Å². The maximum atomic E-state index is 6.11. The summed E-state index contributed by atoms with van der Waals surface area (Å²) in [6, 6.07) is 15.0. The van der Waals surface area contributed by atoms with Gasteiger partial charge in [-0.1, -0.05) is 41.9 Å². The van der Waals surface area contributed by atoms with Crippen molar-refractivity contribution < 1.29 is 0 Å². The monoisotopic (exact) mass is 391 g/mol. The van der Waals surface area contributed by atoms with Gasteiger partial charge in [0.05, 0.1) is 0 Å². The molecule has 2 aliphatic rings. The van der Waals surface area contributed by atoms with E-state index in [0.717, 1.165) is 36.6 Å². The Morgan fingerprint density at radius 1 is 1.00 bits per heavy atom. The van der Waals surface area contributed by atoms with E-state index in [2.05, 4.69) is 57.4 Å². The fourth-order valence-electron chi connectivity index (χ4n) is 4.65. The third-order valence-electron chi connectivity index (χ3n) is 6.17. The van der Waals surface area contributed by atoms with Gasteiger partial charge >= 0.3 is 0 Å². The standard InChI is InChI=1S/C24H26ClN3/c25-20-6-7-21-22(17-26-23(21)16-20)18-8-13-27(14-9-18)11-3-12-28-15-10-19-4-1-2-5-24(19)28/h1-2,4-8,16-17,26H,3,9-15H2. The molecule has 3 nitrogen and oxygen atoms in total. The van der Waals surface area contributed by atoms with E-state index in [9.17, 15) is 0 Å². The number of nitrogens with zero attached hydrogens (tertiary/aromatic N) is 2. The number of aromatic amines is 1. The van der Waals surface area contributed by atoms with E-state index in [4.69, 9.17) is 11.6 Å². The van der Waals surface area contributed by atoms with Gasteiger partial charge < -0.3 is 9.88 Å². The Morgan fingerprint density at radius 3 is 2.82 bits per heavy atom. The normalized spacial score (nSPS) is 17.2. The van der Waals surface area contributed by atoms with Gasteiger partial charge in [-0.15, -0.1) is 0 Å². The molecule has 3 aromatic rings. The molecule has 0 saturated heterocycles. The molecule has 0 amide bonds. The number of H-pyrrole nitrogens is 1. The number of benzene rings is 2. The molecule has 5 rings (SSSR count). The zero-order chi connectivity index (χ0) is 18.9. The van der Waals surface area contributed by atoms with Crippen LogP contribution in [0.4, 0.5) is 5.69 Å². The molecular formula is C24H26ClN3. The van der Waals surface area contributed by atoms with Crippen molar-refractivity contribution >= 4 is 33.8 Å². The number of nitrogens with one attached hydrogen (secondary N) is 1. The van der Waals surface area contributed by atoms with Gasteiger partial charge in [0.1, 0.15) is 0 Å². The van der Waals surface area contributed by atoms with E-state index in [1.54, 1.807) is 0 Å². The summed E-state index contributed by atoms with van der Waals surface area (Å²) in [5.41, 5.74) is 6.87. The number of rotatable bonds is 5. The Morgan fingerprint density at radius 2 is 1.93 bits per heavy atom. The molecule has 1 aromatic heterocycles. The minimum absolute atomic E-state index is 0.783. The van der Waals surface area contributed by atoms with Crippen molar-refractivity contribution in [3.63, 3.8) is 0 Å². The number of aromatic nitrogens is 1. The van der Waals surface area contributed by atoms with E-state index in [1.807, 2.05) is 12.1 Å². The number of halogens is 1. The molecule has 0 spiro atoms. The van der Waals surface area contributed by atoms with Gasteiger partial charge in [-0.3, -0.25) is 4.90 Å².